The van der Waals surface area contributed by atoms with E-state index in [0.717, 1.165) is 25.6 Å². The van der Waals surface area contributed by atoms with Crippen LogP contribution in [0, 0.1) is 5.92 Å². The summed E-state index contributed by atoms with van der Waals surface area (Å²) in [7, 11) is 0. The van der Waals surface area contributed by atoms with Crippen molar-refractivity contribution in [2.24, 2.45) is 5.92 Å². The van der Waals surface area contributed by atoms with Crippen molar-refractivity contribution in [2.75, 3.05) is 25.4 Å². The van der Waals surface area contributed by atoms with Crippen molar-refractivity contribution < 1.29 is 22.6 Å². The van der Waals surface area contributed by atoms with Gasteiger partial charge in [0.25, 0.3) is 0 Å². The van der Waals surface area contributed by atoms with Gasteiger partial charge in [-0.3, -0.25) is 4.68 Å². The van der Waals surface area contributed by atoms with Gasteiger partial charge in [0, 0.05) is 43.7 Å². The molecule has 0 aromatic carbocycles. The van der Waals surface area contributed by atoms with Gasteiger partial charge in [0.2, 0.25) is 0 Å². The van der Waals surface area contributed by atoms with E-state index in [-0.39, 0.29) is 19.3 Å². The quantitative estimate of drug-likeness (QED) is 0.540. The number of pyridine rings is 1. The lowest BCUT2D eigenvalue weighted by molar-refractivity contribution is -0.274. The first-order chi connectivity index (χ1) is 16.1. The van der Waals surface area contributed by atoms with Gasteiger partial charge < -0.3 is 20.5 Å². The van der Waals surface area contributed by atoms with Gasteiger partial charge >= 0.3 is 6.36 Å². The number of nitrogens with zero attached hydrogens (tertiary/aromatic N) is 3. The molecule has 35 heavy (non-hydrogen) atoms. The van der Waals surface area contributed by atoms with Gasteiger partial charge in [-0.2, -0.15) is 5.10 Å². The molecular formula is C25H40F3N5O2. The summed E-state index contributed by atoms with van der Waals surface area (Å²) in [5, 5.41) is 7.47. The summed E-state index contributed by atoms with van der Waals surface area (Å²) in [6.07, 6.45) is 6.77. The highest BCUT2D eigenvalue weighted by molar-refractivity contribution is 5.63. The summed E-state index contributed by atoms with van der Waals surface area (Å²) in [6, 6.07) is 3.00. The Morgan fingerprint density at radius 3 is 2.31 bits per heavy atom. The molecule has 2 saturated heterocycles. The molecule has 5 rings (SSSR count). The van der Waals surface area contributed by atoms with Crippen LogP contribution in [0.15, 0.2) is 24.5 Å². The highest BCUT2D eigenvalue weighted by atomic mass is 19.4. The van der Waals surface area contributed by atoms with E-state index in [9.17, 15) is 13.2 Å². The van der Waals surface area contributed by atoms with Crippen LogP contribution in [0.4, 0.5) is 19.0 Å². The second-order valence-electron chi connectivity index (χ2n) is 9.56. The van der Waals surface area contributed by atoms with Crippen LogP contribution >= 0.6 is 0 Å². The fourth-order valence-corrected chi connectivity index (χ4v) is 4.15. The van der Waals surface area contributed by atoms with Crippen LogP contribution in [0.1, 0.15) is 72.8 Å². The predicted molar refractivity (Wildman–Crippen MR) is 132 cm³/mol. The lowest BCUT2D eigenvalue weighted by Crippen LogP contribution is -2.58. The summed E-state index contributed by atoms with van der Waals surface area (Å²) in [5.74, 6) is 0.188. The van der Waals surface area contributed by atoms with Gasteiger partial charge in [-0.1, -0.05) is 40.0 Å². The van der Waals surface area contributed by atoms with E-state index in [1.807, 2.05) is 13.8 Å². The summed E-state index contributed by atoms with van der Waals surface area (Å²) in [6.45, 7) is 9.39. The first-order valence-electron chi connectivity index (χ1n) is 12.0. The third kappa shape index (κ3) is 8.68. The van der Waals surface area contributed by atoms with Crippen molar-refractivity contribution >= 4 is 5.82 Å². The molecule has 0 unspecified atom stereocenters. The zero-order valence-electron chi connectivity index (χ0n) is 20.2. The van der Waals surface area contributed by atoms with Crippen LogP contribution in [0.5, 0.6) is 5.75 Å². The van der Waals surface area contributed by atoms with Crippen molar-refractivity contribution in [2.45, 2.75) is 84.7 Å². The minimum Gasteiger partial charge on any atom is -0.402 e. The maximum absolute atomic E-state index is 12.2. The number of aromatic nitrogens is 3. The predicted octanol–water partition coefficient (Wildman–Crippen LogP) is 5.98. The number of alkyl halides is 3. The number of anilines is 1. The average Bonchev–Trinajstić information content (AvgIpc) is 3.50. The van der Waals surface area contributed by atoms with Crippen LogP contribution in [0.25, 0.3) is 11.3 Å². The molecule has 1 aliphatic carbocycles. The Morgan fingerprint density at radius 1 is 1.23 bits per heavy atom. The van der Waals surface area contributed by atoms with E-state index in [0.29, 0.717) is 16.9 Å². The molecule has 3 N–H and O–H groups in total. The third-order valence-corrected chi connectivity index (χ3v) is 6.26. The van der Waals surface area contributed by atoms with Gasteiger partial charge in [-0.25, -0.2) is 4.98 Å². The molecule has 2 aromatic heterocycles. The monoisotopic (exact) mass is 499 g/mol. The molecule has 3 fully saturated rings. The minimum absolute atomic E-state index is 0. The summed E-state index contributed by atoms with van der Waals surface area (Å²) in [4.78, 5) is 3.70. The SMILES string of the molecule is C.C1COC2(C1)CNC2.CC(C)n1ccc(-c2cnc(N)c(OC(F)(F)F)c2)n1.CC1CCCC1. The normalized spacial score (nSPS) is 18.7. The molecule has 10 heteroatoms. The number of halogens is 3. The molecule has 0 atom stereocenters. The smallest absolute Gasteiger partial charge is 0.402 e. The molecule has 1 spiro atoms. The summed E-state index contributed by atoms with van der Waals surface area (Å²) in [5.41, 5.74) is 6.57. The van der Waals surface area contributed by atoms with E-state index in [2.05, 4.69) is 27.1 Å². The Morgan fingerprint density at radius 2 is 1.91 bits per heavy atom. The topological polar surface area (TPSA) is 87.2 Å². The second-order valence-corrected chi connectivity index (χ2v) is 9.56. The van der Waals surface area contributed by atoms with E-state index < -0.39 is 12.1 Å². The number of nitrogens with two attached hydrogens (primary N) is 1. The molecule has 3 aliphatic rings. The maximum atomic E-state index is 12.2. The molecule has 198 valence electrons. The molecule has 0 amide bonds. The van der Waals surface area contributed by atoms with Crippen molar-refractivity contribution in [3.05, 3.63) is 24.5 Å². The summed E-state index contributed by atoms with van der Waals surface area (Å²) < 4.78 is 47.8. The van der Waals surface area contributed by atoms with Crippen LogP contribution in [-0.2, 0) is 4.74 Å². The number of nitrogen functional groups attached to an aromatic ring is 1. The Labute approximate surface area is 206 Å². The number of rotatable bonds is 3. The molecule has 1 saturated carbocycles. The second kappa shape index (κ2) is 12.6. The summed E-state index contributed by atoms with van der Waals surface area (Å²) >= 11 is 0. The van der Waals surface area contributed by atoms with Gasteiger partial charge in [0.15, 0.2) is 11.6 Å². The van der Waals surface area contributed by atoms with Crippen molar-refractivity contribution in [1.82, 2.24) is 20.1 Å². The van der Waals surface area contributed by atoms with Crippen LogP contribution in [0.3, 0.4) is 0 Å². The zero-order valence-corrected chi connectivity index (χ0v) is 20.2. The first kappa shape index (κ1) is 28.9. The first-order valence-corrected chi connectivity index (χ1v) is 12.0. The van der Waals surface area contributed by atoms with Gasteiger partial charge in [-0.05, 0) is 44.7 Å². The molecule has 7 nitrogen and oxygen atoms in total. The number of hydrogen-bond acceptors (Lipinski definition) is 6. The minimum atomic E-state index is -4.81. The van der Waals surface area contributed by atoms with Crippen LogP contribution in [-0.4, -0.2) is 46.4 Å². The Hall–Kier alpha value is -2.33. The third-order valence-electron chi connectivity index (χ3n) is 6.26. The van der Waals surface area contributed by atoms with E-state index >= 15 is 0 Å². The Bertz CT molecular complexity index is 899. The number of ether oxygens (including phenoxy) is 2. The van der Waals surface area contributed by atoms with E-state index in [1.165, 1.54) is 50.8 Å². The molecule has 0 radical (unpaired) electrons. The highest BCUT2D eigenvalue weighted by Gasteiger charge is 2.40. The fourth-order valence-electron chi connectivity index (χ4n) is 4.15. The van der Waals surface area contributed by atoms with Crippen LogP contribution in [0.2, 0.25) is 0 Å². The largest absolute Gasteiger partial charge is 0.573 e. The highest BCUT2D eigenvalue weighted by Crippen LogP contribution is 2.31. The Kier molecular flexibility index (Phi) is 10.4. The van der Waals surface area contributed by atoms with Gasteiger partial charge in [-0.15, -0.1) is 13.2 Å². The number of nitrogens with one attached hydrogen (secondary N) is 1. The van der Waals surface area contributed by atoms with Crippen LogP contribution < -0.4 is 15.8 Å². The van der Waals surface area contributed by atoms with Crippen molar-refractivity contribution in [3.8, 4) is 17.0 Å². The van der Waals surface area contributed by atoms with E-state index in [1.54, 1.807) is 16.9 Å². The lowest BCUT2D eigenvalue weighted by atomic mass is 9.94. The van der Waals surface area contributed by atoms with Gasteiger partial charge in [0.1, 0.15) is 0 Å². The average molecular weight is 500 g/mol. The molecule has 0 bridgehead atoms. The van der Waals surface area contributed by atoms with Gasteiger partial charge in [0.05, 0.1) is 11.3 Å². The number of hydrogen-bond donors (Lipinski definition) is 2. The Balaban J connectivity index is 0.000000233. The lowest BCUT2D eigenvalue weighted by Gasteiger charge is -2.37. The van der Waals surface area contributed by atoms with Crippen molar-refractivity contribution in [1.29, 1.82) is 0 Å². The fraction of sp³-hybridized carbons (Fsp3) is 0.680. The molecular weight excluding hydrogens is 459 g/mol. The standard InChI is InChI=1S/C12H13F3N4O.C6H11NO.C6H12.CH4/c1-7(2)19-4-3-9(18-19)8-5-10(11(16)17-6-8)20-12(13,14)15;1-2-6(8-3-1)4-7-5-6;1-6-4-2-3-5-6;/h3-7H,1-2H3,(H2,16,17);7H,1-5H2;6H,2-5H2,1H3;1H4. The van der Waals surface area contributed by atoms with Crippen molar-refractivity contribution in [3.63, 3.8) is 0 Å². The molecule has 4 heterocycles. The van der Waals surface area contributed by atoms with E-state index in [4.69, 9.17) is 10.5 Å². The molecule has 2 aromatic rings. The maximum Gasteiger partial charge on any atom is 0.573 e. The molecule has 2 aliphatic heterocycles. The zero-order chi connectivity index (χ0) is 24.8.